The van der Waals surface area contributed by atoms with E-state index < -0.39 is 0 Å². The van der Waals surface area contributed by atoms with Crippen LogP contribution in [-0.4, -0.2) is 41.6 Å². The van der Waals surface area contributed by atoms with Gasteiger partial charge in [-0.3, -0.25) is 9.59 Å². The van der Waals surface area contributed by atoms with Gasteiger partial charge in [-0.1, -0.05) is 0 Å². The van der Waals surface area contributed by atoms with E-state index in [1.165, 1.54) is 29.3 Å². The molecule has 0 aliphatic carbocycles. The highest BCUT2D eigenvalue weighted by molar-refractivity contribution is 5.75. The predicted octanol–water partition coefficient (Wildman–Crippen LogP) is -0.359. The van der Waals surface area contributed by atoms with Crippen LogP contribution < -0.4 is 16.6 Å². The number of carbonyl (C=O) groups is 1. The summed E-state index contributed by atoms with van der Waals surface area (Å²) in [4.78, 5) is 25.6. The molecule has 104 valence electrons. The van der Waals surface area contributed by atoms with E-state index in [-0.39, 0.29) is 18.0 Å². The third kappa shape index (κ3) is 3.57. The van der Waals surface area contributed by atoms with Gasteiger partial charge in [0, 0.05) is 30.5 Å². The number of likely N-dealkylation sites (N-methyl/N-ethyl adjacent to an activating group) is 1. The second kappa shape index (κ2) is 5.88. The zero-order valence-electron chi connectivity index (χ0n) is 11.1. The van der Waals surface area contributed by atoms with Crippen LogP contribution in [0.4, 0.5) is 5.69 Å². The summed E-state index contributed by atoms with van der Waals surface area (Å²) in [5, 5.41) is 2.87. The van der Waals surface area contributed by atoms with Gasteiger partial charge >= 0.3 is 0 Å². The Balaban J connectivity index is 1.87. The maximum atomic E-state index is 11.8. The van der Waals surface area contributed by atoms with Crippen molar-refractivity contribution in [2.24, 2.45) is 0 Å². The molecule has 0 spiro atoms. The number of carbonyl (C=O) groups excluding carboxylic acids is 1. The van der Waals surface area contributed by atoms with Crippen LogP contribution in [0, 0.1) is 0 Å². The van der Waals surface area contributed by atoms with Crippen LogP contribution >= 0.6 is 0 Å². The molecular weight excluding hydrogens is 244 g/mol. The molecule has 6 nitrogen and oxygen atoms in total. The van der Waals surface area contributed by atoms with Crippen molar-refractivity contribution < 1.29 is 4.79 Å². The van der Waals surface area contributed by atoms with Crippen LogP contribution in [0.1, 0.15) is 12.8 Å². The summed E-state index contributed by atoms with van der Waals surface area (Å²) >= 11 is 0. The average Bonchev–Trinajstić information content (AvgIpc) is 2.77. The summed E-state index contributed by atoms with van der Waals surface area (Å²) in [7, 11) is 2.06. The molecule has 0 radical (unpaired) electrons. The van der Waals surface area contributed by atoms with E-state index in [1.54, 1.807) is 0 Å². The second-order valence-electron chi connectivity index (χ2n) is 5.01. The van der Waals surface area contributed by atoms with E-state index in [2.05, 4.69) is 17.3 Å². The largest absolute Gasteiger partial charge is 0.398 e. The van der Waals surface area contributed by atoms with E-state index in [9.17, 15) is 9.59 Å². The van der Waals surface area contributed by atoms with Gasteiger partial charge < -0.3 is 20.5 Å². The number of rotatable bonds is 4. The molecule has 1 atom stereocenters. The summed E-state index contributed by atoms with van der Waals surface area (Å²) in [6.45, 7) is 1.72. The first-order valence-electron chi connectivity index (χ1n) is 6.49. The number of nitrogens with two attached hydrogens (primary N) is 1. The third-order valence-corrected chi connectivity index (χ3v) is 3.53. The van der Waals surface area contributed by atoms with E-state index in [1.807, 2.05) is 0 Å². The Morgan fingerprint density at radius 1 is 1.53 bits per heavy atom. The van der Waals surface area contributed by atoms with Crippen molar-refractivity contribution in [2.75, 3.05) is 25.9 Å². The van der Waals surface area contributed by atoms with E-state index in [0.29, 0.717) is 18.3 Å². The van der Waals surface area contributed by atoms with E-state index in [4.69, 9.17) is 5.73 Å². The van der Waals surface area contributed by atoms with Crippen LogP contribution in [-0.2, 0) is 11.3 Å². The van der Waals surface area contributed by atoms with Gasteiger partial charge in [0.15, 0.2) is 0 Å². The number of nitrogens with zero attached hydrogens (tertiary/aromatic N) is 2. The Hall–Kier alpha value is -1.82. The lowest BCUT2D eigenvalue weighted by Gasteiger charge is -2.19. The van der Waals surface area contributed by atoms with Gasteiger partial charge in [-0.05, 0) is 32.5 Å². The summed E-state index contributed by atoms with van der Waals surface area (Å²) in [5.41, 5.74) is 5.85. The Labute approximate surface area is 112 Å². The van der Waals surface area contributed by atoms with Gasteiger partial charge in [-0.2, -0.15) is 0 Å². The Bertz CT molecular complexity index is 512. The number of hydrogen-bond acceptors (Lipinski definition) is 4. The molecule has 1 amide bonds. The quantitative estimate of drug-likeness (QED) is 0.778. The first kappa shape index (κ1) is 13.6. The molecule has 0 bridgehead atoms. The summed E-state index contributed by atoms with van der Waals surface area (Å²) in [6.07, 6.45) is 3.77. The molecule has 0 saturated carbocycles. The molecule has 1 aliphatic rings. The van der Waals surface area contributed by atoms with E-state index >= 15 is 0 Å². The predicted molar refractivity (Wildman–Crippen MR) is 73.8 cm³/mol. The maximum Gasteiger partial charge on any atom is 0.251 e. The number of aromatic nitrogens is 1. The number of amides is 1. The molecule has 1 saturated heterocycles. The number of pyridine rings is 1. The molecule has 1 aliphatic heterocycles. The zero-order valence-corrected chi connectivity index (χ0v) is 11.1. The van der Waals surface area contributed by atoms with Gasteiger partial charge in [0.05, 0.1) is 0 Å². The minimum Gasteiger partial charge on any atom is -0.398 e. The molecular formula is C13H20N4O2. The molecule has 1 fully saturated rings. The molecule has 0 aromatic carbocycles. The fourth-order valence-corrected chi connectivity index (χ4v) is 2.35. The highest BCUT2D eigenvalue weighted by Gasteiger charge is 2.20. The lowest BCUT2D eigenvalue weighted by atomic mass is 10.2. The maximum absolute atomic E-state index is 11.8. The number of nitrogen functional groups attached to an aromatic ring is 1. The van der Waals surface area contributed by atoms with Crippen LogP contribution in [0.25, 0.3) is 0 Å². The molecule has 6 heteroatoms. The molecule has 2 heterocycles. The number of nitrogens with one attached hydrogen (secondary N) is 1. The molecule has 19 heavy (non-hydrogen) atoms. The first-order chi connectivity index (χ1) is 9.06. The molecule has 1 aromatic heterocycles. The minimum atomic E-state index is -0.220. The molecule has 1 aromatic rings. The Morgan fingerprint density at radius 3 is 3.00 bits per heavy atom. The lowest BCUT2D eigenvalue weighted by molar-refractivity contribution is -0.121. The van der Waals surface area contributed by atoms with Gasteiger partial charge in [-0.15, -0.1) is 0 Å². The number of likely N-dealkylation sites (tertiary alicyclic amines) is 1. The molecule has 1 unspecified atom stereocenters. The number of anilines is 1. The monoisotopic (exact) mass is 264 g/mol. The van der Waals surface area contributed by atoms with Crippen molar-refractivity contribution >= 4 is 11.6 Å². The standard InChI is InChI=1S/C13H20N4O2/c1-16-6-2-3-11(16)7-15-12(18)9-17-8-10(14)4-5-13(17)19/h4-5,8,11H,2-3,6-7,9,14H2,1H3,(H,15,18). The number of hydrogen-bond donors (Lipinski definition) is 2. The SMILES string of the molecule is CN1CCCC1CNC(=O)Cn1cc(N)ccc1=O. The highest BCUT2D eigenvalue weighted by Crippen LogP contribution is 2.13. The fraction of sp³-hybridized carbons (Fsp3) is 0.538. The average molecular weight is 264 g/mol. The van der Waals surface area contributed by atoms with Gasteiger partial charge in [0.2, 0.25) is 5.91 Å². The van der Waals surface area contributed by atoms with Crippen LogP contribution in [0.3, 0.4) is 0 Å². The van der Waals surface area contributed by atoms with Crippen LogP contribution in [0.5, 0.6) is 0 Å². The highest BCUT2D eigenvalue weighted by atomic mass is 16.2. The molecule has 3 N–H and O–H groups in total. The van der Waals surface area contributed by atoms with Crippen molar-refractivity contribution in [3.05, 3.63) is 28.7 Å². The van der Waals surface area contributed by atoms with Crippen LogP contribution in [0.2, 0.25) is 0 Å². The second-order valence-corrected chi connectivity index (χ2v) is 5.01. The van der Waals surface area contributed by atoms with Crippen molar-refractivity contribution in [3.63, 3.8) is 0 Å². The first-order valence-corrected chi connectivity index (χ1v) is 6.49. The molecule has 2 rings (SSSR count). The topological polar surface area (TPSA) is 80.4 Å². The lowest BCUT2D eigenvalue weighted by Crippen LogP contribution is -2.40. The van der Waals surface area contributed by atoms with Gasteiger partial charge in [0.25, 0.3) is 5.56 Å². The van der Waals surface area contributed by atoms with Crippen molar-refractivity contribution in [3.8, 4) is 0 Å². The van der Waals surface area contributed by atoms with Gasteiger partial charge in [0.1, 0.15) is 6.54 Å². The normalized spacial score (nSPS) is 19.5. The summed E-state index contributed by atoms with van der Waals surface area (Å²) in [6, 6.07) is 3.30. The zero-order chi connectivity index (χ0) is 13.8. The van der Waals surface area contributed by atoms with Crippen molar-refractivity contribution in [1.82, 2.24) is 14.8 Å². The van der Waals surface area contributed by atoms with Crippen molar-refractivity contribution in [2.45, 2.75) is 25.4 Å². The van der Waals surface area contributed by atoms with Gasteiger partial charge in [-0.25, -0.2) is 0 Å². The summed E-state index contributed by atoms with van der Waals surface area (Å²) in [5.74, 6) is -0.159. The van der Waals surface area contributed by atoms with Crippen LogP contribution in [0.15, 0.2) is 23.1 Å². The van der Waals surface area contributed by atoms with Crippen molar-refractivity contribution in [1.29, 1.82) is 0 Å². The van der Waals surface area contributed by atoms with E-state index in [0.717, 1.165) is 13.0 Å². The minimum absolute atomic E-state index is 0.0142. The Kier molecular flexibility index (Phi) is 4.21. The smallest absolute Gasteiger partial charge is 0.251 e. The summed E-state index contributed by atoms with van der Waals surface area (Å²) < 4.78 is 1.32. The fourth-order valence-electron chi connectivity index (χ4n) is 2.35. The third-order valence-electron chi connectivity index (χ3n) is 3.53. The Morgan fingerprint density at radius 2 is 2.32 bits per heavy atom.